The quantitative estimate of drug-likeness (QED) is 0.0276. The number of guanidine groups is 1. The number of benzene rings is 2. The third-order valence-corrected chi connectivity index (χ3v) is 9.58. The fourth-order valence-corrected chi connectivity index (χ4v) is 6.22. The van der Waals surface area contributed by atoms with E-state index in [1.54, 1.807) is 48.7 Å². The van der Waals surface area contributed by atoms with E-state index in [1.165, 1.54) is 6.20 Å². The van der Waals surface area contributed by atoms with Crippen LogP contribution in [0.4, 0.5) is 5.82 Å². The Kier molecular flexibility index (Phi) is 18.5. The Morgan fingerprint density at radius 1 is 0.803 bits per heavy atom. The molecule has 0 saturated carbocycles. The minimum atomic E-state index is -1.61. The Morgan fingerprint density at radius 2 is 1.44 bits per heavy atom. The first-order chi connectivity index (χ1) is 29.3. The van der Waals surface area contributed by atoms with Gasteiger partial charge in [0.2, 0.25) is 29.5 Å². The van der Waals surface area contributed by atoms with Gasteiger partial charge >= 0.3 is 5.97 Å². The summed E-state index contributed by atoms with van der Waals surface area (Å²) in [4.78, 5) is 97.0. The van der Waals surface area contributed by atoms with Gasteiger partial charge in [0.25, 0.3) is 5.91 Å². The van der Waals surface area contributed by atoms with Gasteiger partial charge in [0.1, 0.15) is 30.0 Å². The molecule has 3 aromatic rings. The first-order valence-electron chi connectivity index (χ1n) is 19.4. The Hall–Kier alpha value is -7.03. The van der Waals surface area contributed by atoms with E-state index in [0.717, 1.165) is 10.5 Å². The third-order valence-electron chi connectivity index (χ3n) is 9.17. The van der Waals surface area contributed by atoms with E-state index < -0.39 is 78.5 Å². The Labute approximate surface area is 357 Å². The number of amides is 6. The van der Waals surface area contributed by atoms with Crippen LogP contribution in [0.1, 0.15) is 60.0 Å². The van der Waals surface area contributed by atoms with E-state index in [9.17, 15) is 38.7 Å². The van der Waals surface area contributed by atoms with E-state index in [1.807, 2.05) is 24.3 Å². The van der Waals surface area contributed by atoms with Crippen molar-refractivity contribution >= 4 is 72.0 Å². The monoisotopic (exact) mass is 858 g/mol. The number of nitrogens with one attached hydrogen (secondary N) is 9. The van der Waals surface area contributed by atoms with Gasteiger partial charge in [0, 0.05) is 36.2 Å². The maximum Gasteiger partial charge on any atom is 0.305 e. The fourth-order valence-electron chi connectivity index (χ4n) is 6.00. The summed E-state index contributed by atoms with van der Waals surface area (Å²) >= 11 is 4.39. The lowest BCUT2D eigenvalue weighted by atomic mass is 10.0. The topological polar surface area (TPSA) is 311 Å². The lowest BCUT2D eigenvalue weighted by Gasteiger charge is -2.26. The number of rotatable bonds is 17. The summed E-state index contributed by atoms with van der Waals surface area (Å²) in [5, 5.41) is 39.0. The number of carbonyl (C=O) groups is 7. The van der Waals surface area contributed by atoms with Gasteiger partial charge in [0.15, 0.2) is 5.96 Å². The number of hydrogen-bond donors (Lipinski definition) is 12. The highest BCUT2D eigenvalue weighted by atomic mass is 32.1. The minimum absolute atomic E-state index is 0.0359. The zero-order valence-corrected chi connectivity index (χ0v) is 34.0. The molecule has 6 amide bonds. The van der Waals surface area contributed by atoms with Gasteiger partial charge < -0.3 is 48.1 Å². The van der Waals surface area contributed by atoms with Crippen LogP contribution < -0.4 is 48.4 Å². The Balaban J connectivity index is 1.46. The van der Waals surface area contributed by atoms with Gasteiger partial charge in [0.05, 0.1) is 24.7 Å². The van der Waals surface area contributed by atoms with Gasteiger partial charge in [-0.3, -0.25) is 44.4 Å². The van der Waals surface area contributed by atoms with E-state index in [0.29, 0.717) is 29.8 Å². The summed E-state index contributed by atoms with van der Waals surface area (Å²) in [6, 6.07) is 13.9. The summed E-state index contributed by atoms with van der Waals surface area (Å²) in [5.74, 6) is -5.82. The van der Waals surface area contributed by atoms with Crippen LogP contribution in [-0.4, -0.2) is 107 Å². The molecule has 21 heteroatoms. The minimum Gasteiger partial charge on any atom is -0.481 e. The SMILES string of the molecule is N=C(N)NCCCC1NC(=O)CNC(=O)[C@@H](CC(=O)O)NC(=O)[C@@H](Cc2ccccc2)NC(=O)[C@@H](CCCCNC(=O)c2ccc(NN=Cc3ccccc3S)nc2)NC1=O. The maximum absolute atomic E-state index is 14.0. The van der Waals surface area contributed by atoms with E-state index in [-0.39, 0.29) is 44.7 Å². The molecule has 1 aromatic heterocycles. The van der Waals surface area contributed by atoms with E-state index in [2.05, 4.69) is 65.4 Å². The molecule has 20 nitrogen and oxygen atoms in total. The van der Waals surface area contributed by atoms with Gasteiger partial charge in [-0.05, 0) is 55.9 Å². The Morgan fingerprint density at radius 3 is 2.13 bits per heavy atom. The van der Waals surface area contributed by atoms with E-state index in [4.69, 9.17) is 11.1 Å². The van der Waals surface area contributed by atoms with Crippen LogP contribution in [0.3, 0.4) is 0 Å². The number of hydrazone groups is 1. The number of hydrogen-bond acceptors (Lipinski definition) is 12. The molecular formula is C40H50N12O8S. The molecule has 1 unspecified atom stereocenters. The summed E-state index contributed by atoms with van der Waals surface area (Å²) in [7, 11) is 0. The van der Waals surface area contributed by atoms with E-state index >= 15 is 0 Å². The lowest BCUT2D eigenvalue weighted by molar-refractivity contribution is -0.141. The van der Waals surface area contributed by atoms with Crippen LogP contribution in [0.25, 0.3) is 0 Å². The predicted molar refractivity (Wildman–Crippen MR) is 228 cm³/mol. The normalized spacial score (nSPS) is 18.9. The first kappa shape index (κ1) is 46.7. The summed E-state index contributed by atoms with van der Waals surface area (Å²) < 4.78 is 0. The molecule has 1 fully saturated rings. The summed E-state index contributed by atoms with van der Waals surface area (Å²) in [6.07, 6.45) is 3.12. The second-order valence-corrected chi connectivity index (χ2v) is 14.4. The molecule has 0 bridgehead atoms. The van der Waals surface area contributed by atoms with Crippen LogP contribution >= 0.6 is 12.6 Å². The molecule has 2 heterocycles. The van der Waals surface area contributed by atoms with Crippen molar-refractivity contribution < 1.29 is 38.7 Å². The van der Waals surface area contributed by atoms with Crippen molar-refractivity contribution in [3.63, 3.8) is 0 Å². The number of unbranched alkanes of at least 4 members (excludes halogenated alkanes) is 1. The maximum atomic E-state index is 14.0. The number of pyridine rings is 1. The molecule has 1 aliphatic rings. The average molecular weight is 859 g/mol. The third kappa shape index (κ3) is 16.3. The largest absolute Gasteiger partial charge is 0.481 e. The second-order valence-electron chi connectivity index (χ2n) is 13.9. The zero-order valence-electron chi connectivity index (χ0n) is 33.1. The molecule has 0 aliphatic carbocycles. The molecule has 4 rings (SSSR count). The van der Waals surface area contributed by atoms with Crippen molar-refractivity contribution in [3.05, 3.63) is 89.6 Å². The molecule has 0 radical (unpaired) electrons. The number of nitrogens with two attached hydrogens (primary N) is 1. The number of aliphatic carboxylic acids is 1. The molecule has 4 atom stereocenters. The van der Waals surface area contributed by atoms with Gasteiger partial charge in [-0.1, -0.05) is 48.5 Å². The number of carboxylic acids is 1. The highest BCUT2D eigenvalue weighted by molar-refractivity contribution is 7.80. The number of thiol groups is 1. The van der Waals surface area contributed by atoms with Crippen molar-refractivity contribution in [2.24, 2.45) is 10.8 Å². The lowest BCUT2D eigenvalue weighted by Crippen LogP contribution is -2.58. The van der Waals surface area contributed by atoms with Crippen LogP contribution in [0, 0.1) is 5.41 Å². The number of aromatic nitrogens is 1. The molecule has 324 valence electrons. The molecule has 12 N–H and O–H groups in total. The average Bonchev–Trinajstić information content (AvgIpc) is 3.23. The standard InChI is InChI=1S/C40H50N12O8S/c41-40(42)44-18-8-13-27-37(58)49-28(12-6-7-17-43-35(56)26-15-16-32(45-21-26)52-47-22-25-11-4-5-14-31(25)61)38(59)50-29(19-24-9-2-1-3-10-24)39(60)51-30(20-34(54)55)36(57)46-23-33(53)48-27/h1-5,9-11,14-16,21-22,27-30,61H,6-8,12-13,17-20,23H2,(H,43,56)(H,45,52)(H,46,57)(H,48,53)(H,49,58)(H,50,59)(H,51,60)(H,54,55)(H4,41,42,44)/t27?,28-,29-,30-/m1/s1. The van der Waals surface area contributed by atoms with Crippen molar-refractivity contribution in [3.8, 4) is 0 Å². The highest BCUT2D eigenvalue weighted by Crippen LogP contribution is 2.12. The number of nitrogens with zero attached hydrogens (tertiary/aromatic N) is 2. The van der Waals surface area contributed by atoms with Gasteiger partial charge in [-0.25, -0.2) is 4.98 Å². The molecular weight excluding hydrogens is 809 g/mol. The van der Waals surface area contributed by atoms with Gasteiger partial charge in [-0.2, -0.15) is 5.10 Å². The van der Waals surface area contributed by atoms with Crippen molar-refractivity contribution in [1.82, 2.24) is 42.2 Å². The smallest absolute Gasteiger partial charge is 0.305 e. The zero-order chi connectivity index (χ0) is 44.1. The van der Waals surface area contributed by atoms with Crippen LogP contribution in [0.15, 0.2) is 82.9 Å². The number of carbonyl (C=O) groups excluding carboxylic acids is 6. The van der Waals surface area contributed by atoms with Crippen molar-refractivity contribution in [2.45, 2.75) is 74.0 Å². The first-order valence-corrected chi connectivity index (χ1v) is 19.9. The predicted octanol–water partition coefficient (Wildman–Crippen LogP) is -0.234. The van der Waals surface area contributed by atoms with Crippen LogP contribution in [-0.2, 0) is 35.2 Å². The molecule has 61 heavy (non-hydrogen) atoms. The van der Waals surface area contributed by atoms with Crippen molar-refractivity contribution in [2.75, 3.05) is 25.1 Å². The highest BCUT2D eigenvalue weighted by Gasteiger charge is 2.33. The molecule has 0 spiro atoms. The van der Waals surface area contributed by atoms with Crippen LogP contribution in [0.5, 0.6) is 0 Å². The van der Waals surface area contributed by atoms with Gasteiger partial charge in [-0.15, -0.1) is 12.6 Å². The Bertz CT molecular complexity index is 2050. The summed E-state index contributed by atoms with van der Waals surface area (Å²) in [5.41, 5.74) is 9.90. The molecule has 1 saturated heterocycles. The summed E-state index contributed by atoms with van der Waals surface area (Å²) in [6.45, 7) is -0.274. The molecule has 2 aromatic carbocycles. The second kappa shape index (κ2) is 24.1. The van der Waals surface area contributed by atoms with Crippen LogP contribution in [0.2, 0.25) is 0 Å². The van der Waals surface area contributed by atoms with Crippen molar-refractivity contribution in [1.29, 1.82) is 5.41 Å². The number of carboxylic acid groups (broad SMARTS) is 1. The molecule has 1 aliphatic heterocycles. The fraction of sp³-hybridized carbons (Fsp3) is 0.350. The number of anilines is 1.